The van der Waals surface area contributed by atoms with Crippen molar-refractivity contribution < 1.29 is 29.3 Å². The molecule has 5 aliphatic rings. The first-order valence-electron chi connectivity index (χ1n) is 14.7. The Morgan fingerprint density at radius 3 is 2.05 bits per heavy atom. The van der Waals surface area contributed by atoms with Gasteiger partial charge in [0.25, 0.3) is 0 Å². The highest BCUT2D eigenvalue weighted by Crippen LogP contribution is 2.61. The van der Waals surface area contributed by atoms with Crippen molar-refractivity contribution in [3.63, 3.8) is 0 Å². The lowest BCUT2D eigenvalue weighted by Gasteiger charge is -2.56. The van der Waals surface area contributed by atoms with E-state index in [1.807, 2.05) is 42.5 Å². The van der Waals surface area contributed by atoms with Crippen molar-refractivity contribution in [1.29, 1.82) is 0 Å². The maximum Gasteiger partial charge on any atom is 0.338 e. The first kappa shape index (κ1) is 26.9. The second-order valence-corrected chi connectivity index (χ2v) is 12.9. The summed E-state index contributed by atoms with van der Waals surface area (Å²) in [7, 11) is 0. The molecule has 2 aromatic rings. The van der Waals surface area contributed by atoms with Crippen molar-refractivity contribution in [2.45, 2.75) is 70.0 Å². The number of hydrogen-bond donors (Lipinski definition) is 2. The number of esters is 1. The van der Waals surface area contributed by atoms with Crippen molar-refractivity contribution in [3.05, 3.63) is 72.3 Å². The summed E-state index contributed by atoms with van der Waals surface area (Å²) >= 11 is 0. The molecule has 4 bridgehead atoms. The predicted molar refractivity (Wildman–Crippen MR) is 150 cm³/mol. The van der Waals surface area contributed by atoms with E-state index in [9.17, 15) is 24.6 Å². The van der Waals surface area contributed by atoms with Crippen LogP contribution < -0.4 is 0 Å². The molecule has 5 saturated carbocycles. The van der Waals surface area contributed by atoms with Crippen LogP contribution in [0.25, 0.3) is 11.1 Å². The molecule has 40 heavy (non-hydrogen) atoms. The molecule has 6 nitrogen and oxygen atoms in total. The number of aliphatic carboxylic acids is 1. The minimum Gasteiger partial charge on any atom is -0.481 e. The lowest BCUT2D eigenvalue weighted by molar-refractivity contribution is -0.139. The zero-order chi connectivity index (χ0) is 27.9. The molecule has 2 aromatic carbocycles. The Morgan fingerprint density at radius 2 is 1.45 bits per heavy atom. The van der Waals surface area contributed by atoms with Crippen molar-refractivity contribution in [2.75, 3.05) is 0 Å². The highest BCUT2D eigenvalue weighted by atomic mass is 16.5. The van der Waals surface area contributed by atoms with Crippen molar-refractivity contribution in [1.82, 2.24) is 0 Å². The van der Waals surface area contributed by atoms with Gasteiger partial charge in [0.1, 0.15) is 6.10 Å². The molecule has 5 fully saturated rings. The smallest absolute Gasteiger partial charge is 0.338 e. The van der Waals surface area contributed by atoms with Gasteiger partial charge < -0.3 is 14.9 Å². The Labute approximate surface area is 235 Å². The second-order valence-electron chi connectivity index (χ2n) is 12.9. The van der Waals surface area contributed by atoms with Gasteiger partial charge in [0, 0.05) is 24.7 Å². The zero-order valence-electron chi connectivity index (χ0n) is 22.8. The average molecular weight is 543 g/mol. The van der Waals surface area contributed by atoms with Crippen LogP contribution in [-0.2, 0) is 14.3 Å². The van der Waals surface area contributed by atoms with E-state index >= 15 is 0 Å². The normalized spacial score (nSPS) is 34.3. The fourth-order valence-corrected chi connectivity index (χ4v) is 8.76. The Balaban J connectivity index is 1.14. The number of carbonyl (C=O) groups excluding carboxylic acids is 2. The summed E-state index contributed by atoms with van der Waals surface area (Å²) in [4.78, 5) is 37.9. The SMILES string of the molecule is O=C(O)C[C@@H]1[C@@H](C=CC(=O)CC23CC4CC(CC(C4)C2)C3)[C@H](OC(=O)c2ccc(-c3ccccc3)cc2)C[C@@H]1O. The number of aliphatic hydroxyl groups is 1. The highest BCUT2D eigenvalue weighted by Gasteiger charge is 2.51. The molecule has 5 aliphatic carbocycles. The van der Waals surface area contributed by atoms with E-state index in [1.54, 1.807) is 24.3 Å². The summed E-state index contributed by atoms with van der Waals surface area (Å²) in [6.45, 7) is 0. The molecular formula is C34H38O6. The number of benzene rings is 2. The summed E-state index contributed by atoms with van der Waals surface area (Å²) in [5.74, 6) is -0.371. The van der Waals surface area contributed by atoms with E-state index in [2.05, 4.69) is 0 Å². The molecule has 0 radical (unpaired) electrons. The molecule has 210 valence electrons. The van der Waals surface area contributed by atoms with Crippen molar-refractivity contribution in [2.24, 2.45) is 35.0 Å². The van der Waals surface area contributed by atoms with E-state index in [4.69, 9.17) is 4.74 Å². The van der Waals surface area contributed by atoms with Crippen LogP contribution in [0.5, 0.6) is 0 Å². The largest absolute Gasteiger partial charge is 0.481 e. The van der Waals surface area contributed by atoms with Gasteiger partial charge in [0.05, 0.1) is 18.1 Å². The fraction of sp³-hybridized carbons (Fsp3) is 0.500. The third-order valence-corrected chi connectivity index (χ3v) is 10.0. The Hall–Kier alpha value is -3.25. The molecular weight excluding hydrogens is 504 g/mol. The zero-order valence-corrected chi connectivity index (χ0v) is 22.8. The summed E-state index contributed by atoms with van der Waals surface area (Å²) < 4.78 is 5.85. The Bertz CT molecular complexity index is 1240. The van der Waals surface area contributed by atoms with E-state index in [0.29, 0.717) is 12.0 Å². The molecule has 2 N–H and O–H groups in total. The minimum atomic E-state index is -1.02. The van der Waals surface area contributed by atoms with E-state index < -0.39 is 36.0 Å². The van der Waals surface area contributed by atoms with Gasteiger partial charge in [-0.3, -0.25) is 9.59 Å². The molecule has 0 heterocycles. The predicted octanol–water partition coefficient (Wildman–Crippen LogP) is 6.08. The van der Waals surface area contributed by atoms with Gasteiger partial charge in [-0.05, 0) is 91.0 Å². The summed E-state index contributed by atoms with van der Waals surface area (Å²) in [6, 6.07) is 17.0. The third-order valence-electron chi connectivity index (χ3n) is 10.0. The van der Waals surface area contributed by atoms with Gasteiger partial charge in [-0.1, -0.05) is 48.5 Å². The topological polar surface area (TPSA) is 101 Å². The summed E-state index contributed by atoms with van der Waals surface area (Å²) in [5.41, 5.74) is 2.52. The molecule has 6 heteroatoms. The van der Waals surface area contributed by atoms with Crippen LogP contribution in [0.3, 0.4) is 0 Å². The molecule has 0 saturated heterocycles. The van der Waals surface area contributed by atoms with Gasteiger partial charge in [-0.2, -0.15) is 0 Å². The van der Waals surface area contributed by atoms with Crippen LogP contribution in [-0.4, -0.2) is 40.1 Å². The van der Waals surface area contributed by atoms with Gasteiger partial charge in [0.2, 0.25) is 0 Å². The monoisotopic (exact) mass is 542 g/mol. The maximum atomic E-state index is 13.2. The summed E-state index contributed by atoms with van der Waals surface area (Å²) in [5, 5.41) is 20.2. The quantitative estimate of drug-likeness (QED) is 0.294. The number of carboxylic acid groups (broad SMARTS) is 1. The average Bonchev–Trinajstić information content (AvgIpc) is 3.19. The fourth-order valence-electron chi connectivity index (χ4n) is 8.76. The second kappa shape index (κ2) is 11.0. The third kappa shape index (κ3) is 5.64. The molecule has 0 spiro atoms. The number of ether oxygens (including phenoxy) is 1. The minimum absolute atomic E-state index is 0.0546. The number of carboxylic acids is 1. The van der Waals surface area contributed by atoms with E-state index in [1.165, 1.54) is 19.3 Å². The molecule has 4 atom stereocenters. The maximum absolute atomic E-state index is 13.2. The molecule has 0 unspecified atom stereocenters. The lowest BCUT2D eigenvalue weighted by atomic mass is 9.48. The van der Waals surface area contributed by atoms with Crippen molar-refractivity contribution >= 4 is 17.7 Å². The number of aliphatic hydroxyl groups excluding tert-OH is 1. The standard InChI is InChI=1S/C34H38O6/c35-27(20-34-17-21-12-22(18-34)14-23(13-21)19-34)10-11-28-29(15-32(37)38)30(36)16-31(28)40-33(39)26-8-6-25(7-9-26)24-4-2-1-3-5-24/h1-11,21-23,28-31,36H,12-20H2,(H,37,38)/t21?,22?,23?,28-,29-,30+,31-,34?/m1/s1. The lowest BCUT2D eigenvalue weighted by Crippen LogP contribution is -2.46. The van der Waals surface area contributed by atoms with Crippen LogP contribution in [0.1, 0.15) is 68.1 Å². The first-order chi connectivity index (χ1) is 19.3. The van der Waals surface area contributed by atoms with Crippen molar-refractivity contribution in [3.8, 4) is 11.1 Å². The summed E-state index contributed by atoms with van der Waals surface area (Å²) in [6.07, 6.45) is 9.48. The van der Waals surface area contributed by atoms with Crippen LogP contribution >= 0.6 is 0 Å². The molecule has 0 amide bonds. The number of carbonyl (C=O) groups is 3. The molecule has 0 aromatic heterocycles. The Kier molecular flexibility index (Phi) is 7.39. The molecule has 7 rings (SSSR count). The van der Waals surface area contributed by atoms with Gasteiger partial charge in [0.15, 0.2) is 5.78 Å². The van der Waals surface area contributed by atoms with E-state index in [-0.39, 0.29) is 24.0 Å². The van der Waals surface area contributed by atoms with Crippen LogP contribution in [0.4, 0.5) is 0 Å². The Morgan fingerprint density at radius 1 is 0.850 bits per heavy atom. The first-order valence-corrected chi connectivity index (χ1v) is 14.7. The van der Waals surface area contributed by atoms with Gasteiger partial charge in [-0.15, -0.1) is 0 Å². The number of hydrogen-bond acceptors (Lipinski definition) is 5. The highest BCUT2D eigenvalue weighted by molar-refractivity contribution is 5.91. The van der Waals surface area contributed by atoms with E-state index in [0.717, 1.165) is 48.1 Å². The van der Waals surface area contributed by atoms with Crippen LogP contribution in [0.15, 0.2) is 66.7 Å². The number of rotatable bonds is 9. The molecule has 0 aliphatic heterocycles. The van der Waals surface area contributed by atoms with Crippen LogP contribution in [0, 0.1) is 35.0 Å². The van der Waals surface area contributed by atoms with Gasteiger partial charge in [-0.25, -0.2) is 4.79 Å². The van der Waals surface area contributed by atoms with Crippen LogP contribution in [0.2, 0.25) is 0 Å². The van der Waals surface area contributed by atoms with Gasteiger partial charge >= 0.3 is 11.9 Å². The number of ketones is 1. The number of allylic oxidation sites excluding steroid dienone is 1.